The maximum Gasteiger partial charge on any atom is 0.175 e. The molecule has 40 heavy (non-hydrogen) atoms. The molecule has 0 amide bonds. The Labute approximate surface area is 238 Å². The molecule has 0 aliphatic carbocycles. The molecule has 1 aliphatic rings. The lowest BCUT2D eigenvalue weighted by molar-refractivity contribution is 0.0757. The smallest absolute Gasteiger partial charge is 0.175 e. The van der Waals surface area contributed by atoms with E-state index in [1.807, 2.05) is 25.2 Å². The van der Waals surface area contributed by atoms with Gasteiger partial charge in [-0.1, -0.05) is 36.4 Å². The van der Waals surface area contributed by atoms with Crippen LogP contribution < -0.4 is 0 Å². The fourth-order valence-electron chi connectivity index (χ4n) is 5.57. The number of rotatable bonds is 7. The van der Waals surface area contributed by atoms with Crippen molar-refractivity contribution >= 4 is 20.7 Å². The molecule has 1 aliphatic heterocycles. The molecule has 1 fully saturated rings. The third kappa shape index (κ3) is 5.86. The maximum atomic E-state index is 11.9. The molecule has 3 heterocycles. The number of hydrogen-bond acceptors (Lipinski definition) is 6. The van der Waals surface area contributed by atoms with Gasteiger partial charge in [0.2, 0.25) is 0 Å². The zero-order valence-electron chi connectivity index (χ0n) is 24.3. The molecule has 2 aromatic heterocycles. The Morgan fingerprint density at radius 2 is 1.52 bits per heavy atom. The first-order valence-corrected chi connectivity index (χ1v) is 15.8. The topological polar surface area (TPSA) is 78.7 Å². The number of benzene rings is 2. The second kappa shape index (κ2) is 10.7. The highest BCUT2D eigenvalue weighted by Gasteiger charge is 2.25. The number of fused-ring (bicyclic) bond motifs is 1. The largest absolute Gasteiger partial charge is 0.384 e. The quantitative estimate of drug-likeness (QED) is 0.340. The van der Waals surface area contributed by atoms with Crippen LogP contribution >= 0.6 is 0 Å². The molecule has 2 aromatic carbocycles. The van der Waals surface area contributed by atoms with E-state index in [1.54, 1.807) is 26.0 Å². The lowest BCUT2D eigenvalue weighted by Gasteiger charge is -2.36. The number of aromatic nitrogens is 2. The van der Waals surface area contributed by atoms with E-state index in [2.05, 4.69) is 58.5 Å². The van der Waals surface area contributed by atoms with Gasteiger partial charge >= 0.3 is 0 Å². The molecule has 4 aromatic rings. The molecule has 0 saturated carbocycles. The predicted molar refractivity (Wildman–Crippen MR) is 162 cm³/mol. The molecule has 1 saturated heterocycles. The Kier molecular flexibility index (Phi) is 7.65. The Hall–Kier alpha value is -3.04. The van der Waals surface area contributed by atoms with E-state index < -0.39 is 15.4 Å². The summed E-state index contributed by atoms with van der Waals surface area (Å²) in [4.78, 5) is 10.3. The monoisotopic (exact) mass is 560 g/mol. The predicted octanol–water partition coefficient (Wildman–Crippen LogP) is 5.06. The third-order valence-corrected chi connectivity index (χ3v) is 9.12. The van der Waals surface area contributed by atoms with Crippen molar-refractivity contribution in [1.82, 2.24) is 19.4 Å². The van der Waals surface area contributed by atoms with Crippen LogP contribution in [0.1, 0.15) is 39.0 Å². The van der Waals surface area contributed by atoms with E-state index in [9.17, 15) is 13.5 Å². The van der Waals surface area contributed by atoms with Crippen LogP contribution in [0.2, 0.25) is 0 Å². The van der Waals surface area contributed by atoms with E-state index in [1.165, 1.54) is 11.8 Å². The molecule has 5 rings (SSSR count). The van der Waals surface area contributed by atoms with E-state index in [0.29, 0.717) is 11.7 Å². The van der Waals surface area contributed by atoms with E-state index >= 15 is 0 Å². The van der Waals surface area contributed by atoms with Crippen molar-refractivity contribution in [3.8, 4) is 22.5 Å². The molecule has 1 N–H and O–H groups in total. The van der Waals surface area contributed by atoms with Crippen LogP contribution in [0.25, 0.3) is 33.4 Å². The van der Waals surface area contributed by atoms with Gasteiger partial charge in [0, 0.05) is 68.7 Å². The molecule has 0 spiro atoms. The summed E-state index contributed by atoms with van der Waals surface area (Å²) in [6.07, 6.45) is 1.21. The summed E-state index contributed by atoms with van der Waals surface area (Å²) < 4.78 is 25.9. The first-order chi connectivity index (χ1) is 18.8. The number of aryl methyl sites for hydroxylation is 1. The normalized spacial score (nSPS) is 15.8. The summed E-state index contributed by atoms with van der Waals surface area (Å²) in [6, 6.07) is 20.2. The average Bonchev–Trinajstić information content (AvgIpc) is 3.24. The van der Waals surface area contributed by atoms with Crippen LogP contribution in [0.15, 0.2) is 65.6 Å². The lowest BCUT2D eigenvalue weighted by atomic mass is 9.98. The minimum Gasteiger partial charge on any atom is -0.384 e. The lowest BCUT2D eigenvalue weighted by Crippen LogP contribution is -2.48. The van der Waals surface area contributed by atoms with Crippen LogP contribution in [0, 0.1) is 0 Å². The van der Waals surface area contributed by atoms with Gasteiger partial charge in [0.15, 0.2) is 9.84 Å². The Morgan fingerprint density at radius 1 is 0.925 bits per heavy atom. The minimum absolute atomic E-state index is 0.289. The van der Waals surface area contributed by atoms with Gasteiger partial charge in [0.05, 0.1) is 21.8 Å². The molecular formula is C32H40N4O3S. The molecule has 0 atom stereocenters. The fourth-order valence-corrected chi connectivity index (χ4v) is 6.20. The van der Waals surface area contributed by atoms with Gasteiger partial charge in [-0.15, -0.1) is 0 Å². The molecule has 0 radical (unpaired) electrons. The first kappa shape index (κ1) is 28.5. The number of aliphatic hydroxyl groups is 1. The molecule has 212 valence electrons. The second-order valence-electron chi connectivity index (χ2n) is 11.8. The van der Waals surface area contributed by atoms with Gasteiger partial charge in [-0.3, -0.25) is 9.80 Å². The van der Waals surface area contributed by atoms with Crippen LogP contribution in [0.4, 0.5) is 0 Å². The number of pyridine rings is 1. The van der Waals surface area contributed by atoms with Gasteiger partial charge in [-0.25, -0.2) is 13.4 Å². The maximum absolute atomic E-state index is 11.9. The van der Waals surface area contributed by atoms with Crippen molar-refractivity contribution in [3.63, 3.8) is 0 Å². The number of hydrogen-bond donors (Lipinski definition) is 1. The van der Waals surface area contributed by atoms with Gasteiger partial charge in [-0.05, 0) is 63.1 Å². The van der Waals surface area contributed by atoms with Crippen LogP contribution in [0.3, 0.4) is 0 Å². The molecule has 8 heteroatoms. The number of piperazine rings is 1. The Morgan fingerprint density at radius 3 is 2.08 bits per heavy atom. The van der Waals surface area contributed by atoms with Crippen molar-refractivity contribution in [2.24, 2.45) is 7.05 Å². The zero-order chi connectivity index (χ0) is 28.8. The SMILES string of the molecule is CC(C)N1CCN(Cc2ccc(-c3cc4c(cc(-c5ccc(S(C)(=O)=O)cc5)n4C)c(C(C)(C)O)n3)cc2)CC1. The molecular weight excluding hydrogens is 520 g/mol. The number of nitrogens with zero attached hydrogens (tertiary/aromatic N) is 4. The minimum atomic E-state index is -3.27. The van der Waals surface area contributed by atoms with E-state index in [4.69, 9.17) is 4.98 Å². The van der Waals surface area contributed by atoms with Gasteiger partial charge in [0.25, 0.3) is 0 Å². The van der Waals surface area contributed by atoms with E-state index in [0.717, 1.165) is 66.1 Å². The highest BCUT2D eigenvalue weighted by atomic mass is 32.2. The highest BCUT2D eigenvalue weighted by Crippen LogP contribution is 2.36. The highest BCUT2D eigenvalue weighted by molar-refractivity contribution is 7.90. The summed E-state index contributed by atoms with van der Waals surface area (Å²) in [5.74, 6) is 0. The average molecular weight is 561 g/mol. The second-order valence-corrected chi connectivity index (χ2v) is 13.9. The Balaban J connectivity index is 1.46. The van der Waals surface area contributed by atoms with E-state index in [-0.39, 0.29) is 4.90 Å². The summed E-state index contributed by atoms with van der Waals surface area (Å²) in [7, 11) is -1.28. The number of sulfone groups is 1. The standard InChI is InChI=1S/C32H40N4O3S/c1-22(2)36-17-15-35(16-18-36)21-23-7-9-24(10-8-23)28-20-30-27(31(33-28)32(3,4)37)19-29(34(30)5)25-11-13-26(14-12-25)40(6,38)39/h7-14,19-20,22,37H,15-18,21H2,1-6H3. The van der Waals surface area contributed by atoms with Gasteiger partial charge < -0.3 is 9.67 Å². The fraction of sp³-hybridized carbons (Fsp3) is 0.406. The first-order valence-electron chi connectivity index (χ1n) is 13.9. The van der Waals surface area contributed by atoms with Crippen molar-refractivity contribution in [1.29, 1.82) is 0 Å². The van der Waals surface area contributed by atoms with Crippen molar-refractivity contribution < 1.29 is 13.5 Å². The summed E-state index contributed by atoms with van der Waals surface area (Å²) in [6.45, 7) is 13.4. The van der Waals surface area contributed by atoms with Crippen LogP contribution in [-0.2, 0) is 29.0 Å². The summed E-state index contributed by atoms with van der Waals surface area (Å²) >= 11 is 0. The van der Waals surface area contributed by atoms with Crippen LogP contribution in [0.5, 0.6) is 0 Å². The third-order valence-electron chi connectivity index (χ3n) is 7.99. The van der Waals surface area contributed by atoms with Crippen LogP contribution in [-0.4, -0.2) is 71.4 Å². The zero-order valence-corrected chi connectivity index (χ0v) is 25.2. The van der Waals surface area contributed by atoms with Gasteiger partial charge in [0.1, 0.15) is 5.60 Å². The Bertz CT molecular complexity index is 1610. The van der Waals surface area contributed by atoms with Crippen molar-refractivity contribution in [3.05, 3.63) is 71.9 Å². The molecule has 0 bridgehead atoms. The summed E-state index contributed by atoms with van der Waals surface area (Å²) in [5.41, 5.74) is 5.33. The van der Waals surface area contributed by atoms with Crippen molar-refractivity contribution in [2.75, 3.05) is 32.4 Å². The van der Waals surface area contributed by atoms with Crippen molar-refractivity contribution in [2.45, 2.75) is 50.8 Å². The van der Waals surface area contributed by atoms with Gasteiger partial charge in [-0.2, -0.15) is 0 Å². The molecule has 0 unspecified atom stereocenters. The molecule has 7 nitrogen and oxygen atoms in total. The summed E-state index contributed by atoms with van der Waals surface area (Å²) in [5, 5.41) is 12.0.